The molecule has 0 radical (unpaired) electrons. The first-order chi connectivity index (χ1) is 6.10. The number of carbonyl (C=O) groups is 3. The second-order valence-corrected chi connectivity index (χ2v) is 2.07. The molecule has 0 spiro atoms. The summed E-state index contributed by atoms with van der Waals surface area (Å²) in [5.41, 5.74) is 0. The third kappa shape index (κ3) is 8.58. The van der Waals surface area contributed by atoms with Gasteiger partial charge in [-0.05, 0) is 0 Å². The Hall–Kier alpha value is -0.0136. The molecule has 0 amide bonds. The van der Waals surface area contributed by atoms with Gasteiger partial charge in [-0.25, -0.2) is 4.79 Å². The molecule has 0 fully saturated rings. The van der Waals surface area contributed by atoms with E-state index >= 15 is 0 Å². The molecule has 0 atom stereocenters. The van der Waals surface area contributed by atoms with Crippen LogP contribution >= 0.6 is 0 Å². The van der Waals surface area contributed by atoms with Crippen molar-refractivity contribution in [3.63, 3.8) is 0 Å². The summed E-state index contributed by atoms with van der Waals surface area (Å²) >= 11 is 0. The summed E-state index contributed by atoms with van der Waals surface area (Å²) in [6.07, 6.45) is 0.599. The molecular formula is C8H11KO5. The normalized spacial score (nSPS) is 8.07. The number of hydrogen-bond donors (Lipinski definition) is 0. The van der Waals surface area contributed by atoms with Crippen molar-refractivity contribution < 1.29 is 23.9 Å². The molecule has 0 bridgehead atoms. The van der Waals surface area contributed by atoms with Crippen molar-refractivity contribution in [3.05, 3.63) is 12.7 Å². The summed E-state index contributed by atoms with van der Waals surface area (Å²) in [6.45, 7) is 3.11. The average Bonchev–Trinajstić information content (AvgIpc) is 2.13. The van der Waals surface area contributed by atoms with Crippen LogP contribution in [0, 0.1) is 0 Å². The molecular weight excluding hydrogens is 215 g/mol. The first-order valence-corrected chi connectivity index (χ1v) is 3.54. The van der Waals surface area contributed by atoms with E-state index in [1.807, 2.05) is 0 Å². The molecule has 0 N–H and O–H groups in total. The number of carbonyl (C=O) groups excluding carboxylic acids is 3. The Morgan fingerprint density at radius 2 is 1.71 bits per heavy atom. The zero-order valence-corrected chi connectivity index (χ0v) is 7.24. The molecule has 5 nitrogen and oxygen atoms in total. The van der Waals surface area contributed by atoms with Crippen molar-refractivity contribution in [2.45, 2.75) is 12.8 Å². The van der Waals surface area contributed by atoms with Gasteiger partial charge in [-0.1, -0.05) is 6.58 Å². The van der Waals surface area contributed by atoms with Gasteiger partial charge < -0.3 is 9.47 Å². The number of ether oxygens (including phenoxy) is 2. The van der Waals surface area contributed by atoms with Crippen molar-refractivity contribution in [1.29, 1.82) is 0 Å². The molecule has 0 rings (SSSR count). The van der Waals surface area contributed by atoms with Crippen molar-refractivity contribution in [2.24, 2.45) is 0 Å². The van der Waals surface area contributed by atoms with Crippen LogP contribution in [0.25, 0.3) is 0 Å². The molecule has 14 heavy (non-hydrogen) atoms. The van der Waals surface area contributed by atoms with Gasteiger partial charge in [0.05, 0.1) is 20.0 Å². The van der Waals surface area contributed by atoms with Gasteiger partial charge in [0.2, 0.25) is 0 Å². The van der Waals surface area contributed by atoms with Gasteiger partial charge in [-0.2, -0.15) is 0 Å². The Kier molecular flexibility index (Phi) is 11.2. The number of rotatable bonds is 4. The summed E-state index contributed by atoms with van der Waals surface area (Å²) < 4.78 is 8.47. The van der Waals surface area contributed by atoms with Crippen molar-refractivity contribution in [3.8, 4) is 0 Å². The van der Waals surface area contributed by atoms with Gasteiger partial charge in [0.1, 0.15) is 0 Å². The van der Waals surface area contributed by atoms with Crippen LogP contribution in [0.3, 0.4) is 0 Å². The first kappa shape index (κ1) is 16.4. The molecule has 0 saturated carbocycles. The third-order valence-corrected chi connectivity index (χ3v) is 1.14. The van der Waals surface area contributed by atoms with Gasteiger partial charge in [-0.3, -0.25) is 9.59 Å². The zero-order chi connectivity index (χ0) is 10.3. The van der Waals surface area contributed by atoms with Crippen molar-refractivity contribution >= 4 is 69.3 Å². The molecule has 0 saturated heterocycles. The topological polar surface area (TPSA) is 69.7 Å². The Labute approximate surface area is 124 Å². The predicted octanol–water partition coefficient (Wildman–Crippen LogP) is -0.453. The van der Waals surface area contributed by atoms with Crippen LogP contribution in [0.2, 0.25) is 0 Å². The second-order valence-electron chi connectivity index (χ2n) is 2.07. The summed E-state index contributed by atoms with van der Waals surface area (Å²) in [5.74, 6) is -2.12. The minimum absolute atomic E-state index is 0. The molecule has 0 aliphatic rings. The molecule has 0 unspecified atom stereocenters. The molecule has 0 heterocycles. The fourth-order valence-corrected chi connectivity index (χ4v) is 0.511. The number of methoxy groups -OCH3 is 1. The summed E-state index contributed by atoms with van der Waals surface area (Å²) in [4.78, 5) is 31.7. The minimum atomic E-state index is -0.824. The van der Waals surface area contributed by atoms with Gasteiger partial charge >= 0.3 is 69.3 Å². The number of esters is 3. The van der Waals surface area contributed by atoms with Gasteiger partial charge in [-0.15, -0.1) is 0 Å². The Bertz CT molecular complexity index is 236. The quantitative estimate of drug-likeness (QED) is 0.281. The number of hydrogen-bond acceptors (Lipinski definition) is 5. The summed E-state index contributed by atoms with van der Waals surface area (Å²) in [6, 6.07) is 0. The summed E-state index contributed by atoms with van der Waals surface area (Å²) in [5, 5.41) is 0. The zero-order valence-electron chi connectivity index (χ0n) is 7.24. The van der Waals surface area contributed by atoms with Crippen LogP contribution in [0.15, 0.2) is 12.7 Å². The third-order valence-electron chi connectivity index (χ3n) is 1.14. The van der Waals surface area contributed by atoms with Gasteiger partial charge in [0, 0.05) is 6.08 Å². The Balaban J connectivity index is 0. The molecule has 6 heteroatoms. The Morgan fingerprint density at radius 1 is 1.21 bits per heavy atom. The van der Waals surface area contributed by atoms with Crippen molar-refractivity contribution in [2.75, 3.05) is 7.11 Å². The summed E-state index contributed by atoms with van der Waals surface area (Å²) in [7, 11) is 1.21. The van der Waals surface area contributed by atoms with Crippen LogP contribution in [-0.4, -0.2) is 76.4 Å². The van der Waals surface area contributed by atoms with E-state index < -0.39 is 17.9 Å². The molecule has 0 aliphatic heterocycles. The van der Waals surface area contributed by atoms with Crippen LogP contribution in [0.1, 0.15) is 12.8 Å². The van der Waals surface area contributed by atoms with E-state index in [0.29, 0.717) is 0 Å². The maximum atomic E-state index is 10.7. The van der Waals surface area contributed by atoms with E-state index in [4.69, 9.17) is 0 Å². The van der Waals surface area contributed by atoms with Crippen LogP contribution in [-0.2, 0) is 23.9 Å². The SMILES string of the molecule is C=CC(=O)OC(=O)CCC(=O)OC.[KH]. The maximum absolute atomic E-state index is 10.7. The molecule has 0 aromatic rings. The van der Waals surface area contributed by atoms with E-state index in [9.17, 15) is 14.4 Å². The average molecular weight is 226 g/mol. The first-order valence-electron chi connectivity index (χ1n) is 3.54. The van der Waals surface area contributed by atoms with E-state index in [0.717, 1.165) is 6.08 Å². The van der Waals surface area contributed by atoms with Gasteiger partial charge in [0.15, 0.2) is 0 Å². The fourth-order valence-electron chi connectivity index (χ4n) is 0.511. The van der Waals surface area contributed by atoms with Crippen LogP contribution in [0.4, 0.5) is 0 Å². The molecule has 0 aromatic carbocycles. The van der Waals surface area contributed by atoms with Crippen molar-refractivity contribution in [1.82, 2.24) is 0 Å². The molecule has 0 aliphatic carbocycles. The van der Waals surface area contributed by atoms with Gasteiger partial charge in [0.25, 0.3) is 0 Å². The van der Waals surface area contributed by atoms with E-state index in [-0.39, 0.29) is 64.2 Å². The predicted molar refractivity (Wildman–Crippen MR) is 49.7 cm³/mol. The molecule has 74 valence electrons. The van der Waals surface area contributed by atoms with E-state index in [1.54, 1.807) is 0 Å². The van der Waals surface area contributed by atoms with Crippen LogP contribution < -0.4 is 0 Å². The van der Waals surface area contributed by atoms with Crippen LogP contribution in [0.5, 0.6) is 0 Å². The Morgan fingerprint density at radius 3 is 2.14 bits per heavy atom. The monoisotopic (exact) mass is 226 g/mol. The fraction of sp³-hybridized carbons (Fsp3) is 0.375. The van der Waals surface area contributed by atoms with E-state index in [1.165, 1.54) is 7.11 Å². The standard InChI is InChI=1S/C8H10O5.K.H/c1-3-6(9)13-8(11)5-4-7(10)12-2;;/h3H,1,4-5H2,2H3;;. The van der Waals surface area contributed by atoms with E-state index in [2.05, 4.69) is 16.1 Å². The molecule has 0 aromatic heterocycles. The second kappa shape index (κ2) is 9.54.